The number of nitrogens with zero attached hydrogens (tertiary/aromatic N) is 1. The molecule has 0 aromatic heterocycles. The summed E-state index contributed by atoms with van der Waals surface area (Å²) in [5.41, 5.74) is 4.89. The van der Waals surface area contributed by atoms with E-state index in [-0.39, 0.29) is 17.3 Å². The van der Waals surface area contributed by atoms with Crippen molar-refractivity contribution in [3.63, 3.8) is 0 Å². The maximum atomic E-state index is 12.2. The molecule has 0 radical (unpaired) electrons. The molecule has 1 aromatic carbocycles. The van der Waals surface area contributed by atoms with Crippen molar-refractivity contribution in [3.05, 3.63) is 28.3 Å². The highest BCUT2D eigenvalue weighted by atomic mass is 16.6. The minimum Gasteiger partial charge on any atom is -0.496 e. The molecule has 1 amide bonds. The zero-order valence-electron chi connectivity index (χ0n) is 11.4. The smallest absolute Gasteiger partial charge is 0.296 e. The van der Waals surface area contributed by atoms with Crippen molar-refractivity contribution in [1.82, 2.24) is 0 Å². The average Bonchev–Trinajstić information content (AvgIpc) is 3.23. The lowest BCUT2D eigenvalue weighted by Crippen LogP contribution is -2.50. The van der Waals surface area contributed by atoms with Crippen LogP contribution in [0.5, 0.6) is 5.75 Å². The van der Waals surface area contributed by atoms with Crippen LogP contribution in [0.4, 0.5) is 11.4 Å². The number of methoxy groups -OCH3 is 1. The van der Waals surface area contributed by atoms with Gasteiger partial charge in [-0.3, -0.25) is 14.9 Å². The number of amides is 1. The van der Waals surface area contributed by atoms with E-state index >= 15 is 0 Å². The molecule has 1 atom stereocenters. The molecule has 1 unspecified atom stereocenters. The van der Waals surface area contributed by atoms with E-state index in [0.717, 1.165) is 12.8 Å². The molecule has 3 N–H and O–H groups in total. The molecule has 1 fully saturated rings. The number of carbonyl (C=O) groups is 1. The van der Waals surface area contributed by atoms with Crippen molar-refractivity contribution in [1.29, 1.82) is 0 Å². The summed E-state index contributed by atoms with van der Waals surface area (Å²) in [5, 5.41) is 13.6. The molecule has 108 valence electrons. The molecule has 0 spiro atoms. The summed E-state index contributed by atoms with van der Waals surface area (Å²) in [6, 6.07) is 4.26. The van der Waals surface area contributed by atoms with Gasteiger partial charge in [-0.15, -0.1) is 0 Å². The SMILES string of the molecule is COc1ccc(NC(=O)C(C)(N)C2CC2)c([N+](=O)[O-])c1. The minimum atomic E-state index is -1.01. The van der Waals surface area contributed by atoms with Gasteiger partial charge in [0.15, 0.2) is 0 Å². The third-order valence-corrected chi connectivity index (χ3v) is 3.56. The Kier molecular flexibility index (Phi) is 3.63. The zero-order valence-corrected chi connectivity index (χ0v) is 11.4. The Balaban J connectivity index is 2.24. The third-order valence-electron chi connectivity index (χ3n) is 3.56. The second-order valence-corrected chi connectivity index (χ2v) is 5.15. The van der Waals surface area contributed by atoms with Crippen LogP contribution in [0.25, 0.3) is 0 Å². The quantitative estimate of drug-likeness (QED) is 0.629. The Hall–Kier alpha value is -2.15. The largest absolute Gasteiger partial charge is 0.496 e. The van der Waals surface area contributed by atoms with E-state index in [1.54, 1.807) is 13.0 Å². The Bertz CT molecular complexity index is 553. The van der Waals surface area contributed by atoms with E-state index in [9.17, 15) is 14.9 Å². The standard InChI is InChI=1S/C13H17N3O4/c1-13(14,8-3-4-8)12(17)15-10-6-5-9(20-2)7-11(10)16(18)19/h5-8H,3-4,14H2,1-2H3,(H,15,17). The lowest BCUT2D eigenvalue weighted by atomic mass is 9.96. The molecule has 7 heteroatoms. The fraction of sp³-hybridized carbons (Fsp3) is 0.462. The van der Waals surface area contributed by atoms with E-state index in [4.69, 9.17) is 10.5 Å². The summed E-state index contributed by atoms with van der Waals surface area (Å²) >= 11 is 0. The van der Waals surface area contributed by atoms with E-state index in [1.807, 2.05) is 0 Å². The van der Waals surface area contributed by atoms with Crippen LogP contribution in [0.15, 0.2) is 18.2 Å². The highest BCUT2D eigenvalue weighted by Gasteiger charge is 2.44. The van der Waals surface area contributed by atoms with Gasteiger partial charge in [0.2, 0.25) is 5.91 Å². The van der Waals surface area contributed by atoms with Crippen molar-refractivity contribution in [2.24, 2.45) is 11.7 Å². The second-order valence-electron chi connectivity index (χ2n) is 5.15. The number of anilines is 1. The average molecular weight is 279 g/mol. The number of nitro groups is 1. The number of ether oxygens (including phenoxy) is 1. The summed E-state index contributed by atoms with van der Waals surface area (Å²) < 4.78 is 4.94. The van der Waals surface area contributed by atoms with Crippen molar-refractivity contribution in [3.8, 4) is 5.75 Å². The van der Waals surface area contributed by atoms with E-state index in [1.165, 1.54) is 19.2 Å². The molecule has 0 heterocycles. The van der Waals surface area contributed by atoms with E-state index in [2.05, 4.69) is 5.32 Å². The second kappa shape index (κ2) is 5.09. The fourth-order valence-corrected chi connectivity index (χ4v) is 2.02. The molecule has 1 saturated carbocycles. The molecule has 1 aliphatic rings. The molecule has 1 aromatic rings. The van der Waals surface area contributed by atoms with Crippen LogP contribution in [0.1, 0.15) is 19.8 Å². The monoisotopic (exact) mass is 279 g/mol. The first kappa shape index (κ1) is 14.3. The summed E-state index contributed by atoms with van der Waals surface area (Å²) in [5.74, 6) is 0.0838. The van der Waals surface area contributed by atoms with Gasteiger partial charge in [0, 0.05) is 0 Å². The Morgan fingerprint density at radius 1 is 1.55 bits per heavy atom. The number of hydrogen-bond acceptors (Lipinski definition) is 5. The Morgan fingerprint density at radius 3 is 2.70 bits per heavy atom. The number of nitrogens with one attached hydrogen (secondary N) is 1. The van der Waals surface area contributed by atoms with Crippen LogP contribution in [0.2, 0.25) is 0 Å². The first-order chi connectivity index (χ1) is 9.36. The highest BCUT2D eigenvalue weighted by Crippen LogP contribution is 2.39. The number of hydrogen-bond donors (Lipinski definition) is 2. The van der Waals surface area contributed by atoms with Gasteiger partial charge in [0.25, 0.3) is 5.69 Å². The van der Waals surface area contributed by atoms with Gasteiger partial charge in [-0.05, 0) is 37.8 Å². The zero-order chi connectivity index (χ0) is 14.9. The third kappa shape index (κ3) is 2.72. The molecule has 0 aliphatic heterocycles. The summed E-state index contributed by atoms with van der Waals surface area (Å²) in [6.45, 7) is 1.65. The van der Waals surface area contributed by atoms with Crippen LogP contribution >= 0.6 is 0 Å². The number of carbonyl (C=O) groups excluding carboxylic acids is 1. The Morgan fingerprint density at radius 2 is 2.20 bits per heavy atom. The lowest BCUT2D eigenvalue weighted by Gasteiger charge is -2.23. The number of benzene rings is 1. The topological polar surface area (TPSA) is 107 Å². The van der Waals surface area contributed by atoms with Gasteiger partial charge in [0.1, 0.15) is 11.4 Å². The summed E-state index contributed by atoms with van der Waals surface area (Å²) in [7, 11) is 1.42. The van der Waals surface area contributed by atoms with Crippen LogP contribution < -0.4 is 15.8 Å². The maximum Gasteiger partial charge on any atom is 0.296 e. The molecule has 1 aliphatic carbocycles. The highest BCUT2D eigenvalue weighted by molar-refractivity contribution is 5.99. The van der Waals surface area contributed by atoms with E-state index < -0.39 is 16.4 Å². The first-order valence-electron chi connectivity index (χ1n) is 6.29. The fourth-order valence-electron chi connectivity index (χ4n) is 2.02. The minimum absolute atomic E-state index is 0.123. The molecule has 0 saturated heterocycles. The van der Waals surface area contributed by atoms with Crippen molar-refractivity contribution < 1.29 is 14.5 Å². The van der Waals surface area contributed by atoms with Crippen LogP contribution in [-0.4, -0.2) is 23.5 Å². The summed E-state index contributed by atoms with van der Waals surface area (Å²) in [6.07, 6.45) is 1.82. The molecular weight excluding hydrogens is 262 g/mol. The van der Waals surface area contributed by atoms with Crippen molar-refractivity contribution in [2.75, 3.05) is 12.4 Å². The Labute approximate surface area is 116 Å². The van der Waals surface area contributed by atoms with Gasteiger partial charge in [-0.1, -0.05) is 0 Å². The van der Waals surface area contributed by atoms with Gasteiger partial charge in [0.05, 0.1) is 23.6 Å². The molecule has 20 heavy (non-hydrogen) atoms. The molecule has 7 nitrogen and oxygen atoms in total. The lowest BCUT2D eigenvalue weighted by molar-refractivity contribution is -0.384. The molecular formula is C13H17N3O4. The van der Waals surface area contributed by atoms with Gasteiger partial charge < -0.3 is 15.8 Å². The predicted octanol–water partition coefficient (Wildman–Crippen LogP) is 1.67. The molecule has 2 rings (SSSR count). The molecule has 0 bridgehead atoms. The summed E-state index contributed by atoms with van der Waals surface area (Å²) in [4.78, 5) is 22.6. The van der Waals surface area contributed by atoms with Crippen LogP contribution in [0, 0.1) is 16.0 Å². The number of nitro benzene ring substituents is 1. The van der Waals surface area contributed by atoms with E-state index in [0.29, 0.717) is 5.75 Å². The maximum absolute atomic E-state index is 12.2. The number of rotatable bonds is 5. The van der Waals surface area contributed by atoms with Crippen molar-refractivity contribution >= 4 is 17.3 Å². The normalized spacial score (nSPS) is 17.1. The van der Waals surface area contributed by atoms with Gasteiger partial charge in [-0.25, -0.2) is 0 Å². The van der Waals surface area contributed by atoms with Gasteiger partial charge >= 0.3 is 0 Å². The van der Waals surface area contributed by atoms with Crippen LogP contribution in [0.3, 0.4) is 0 Å². The van der Waals surface area contributed by atoms with Gasteiger partial charge in [-0.2, -0.15) is 0 Å². The first-order valence-corrected chi connectivity index (χ1v) is 6.29. The van der Waals surface area contributed by atoms with Crippen molar-refractivity contribution in [2.45, 2.75) is 25.3 Å². The number of nitrogens with two attached hydrogens (primary N) is 1. The van der Waals surface area contributed by atoms with Crippen LogP contribution in [-0.2, 0) is 4.79 Å². The predicted molar refractivity (Wildman–Crippen MR) is 73.6 cm³/mol.